The highest BCUT2D eigenvalue weighted by Gasteiger charge is 2.26. The molecule has 2 rings (SSSR count). The van der Waals surface area contributed by atoms with Crippen LogP contribution in [0.25, 0.3) is 0 Å². The fourth-order valence-corrected chi connectivity index (χ4v) is 1.96. The minimum Gasteiger partial charge on any atom is -0.508 e. The molecule has 0 radical (unpaired) electrons. The summed E-state index contributed by atoms with van der Waals surface area (Å²) in [6.45, 7) is 3.42. The summed E-state index contributed by atoms with van der Waals surface area (Å²) >= 11 is 0. The lowest BCUT2D eigenvalue weighted by Crippen LogP contribution is -2.39. The first-order valence-corrected chi connectivity index (χ1v) is 6.70. The minimum absolute atomic E-state index is 0.0528. The van der Waals surface area contributed by atoms with Gasteiger partial charge in [0, 0.05) is 0 Å². The van der Waals surface area contributed by atoms with Crippen LogP contribution in [-0.4, -0.2) is 22.7 Å². The van der Waals surface area contributed by atoms with Crippen LogP contribution in [0.1, 0.15) is 23.8 Å². The smallest absolute Gasteiger partial charge is 0.224 e. The summed E-state index contributed by atoms with van der Waals surface area (Å²) in [6, 6.07) is 8.46. The quantitative estimate of drug-likeness (QED) is 0.784. The van der Waals surface area contributed by atoms with Gasteiger partial charge in [-0.2, -0.15) is 0 Å². The first kappa shape index (κ1) is 15.1. The molecule has 5 heteroatoms. The molecule has 1 heterocycles. The number of rotatable bonds is 5. The number of phenols is 1. The molecular formula is C16H19NO4. The molecule has 0 aliphatic rings. The molecule has 2 aromatic rings. The molecule has 1 unspecified atom stereocenters. The summed E-state index contributed by atoms with van der Waals surface area (Å²) in [5.74, 6) is 0.337. The maximum Gasteiger partial charge on any atom is 0.224 e. The predicted octanol–water partition coefficient (Wildman–Crippen LogP) is 1.86. The first-order chi connectivity index (χ1) is 9.88. The van der Waals surface area contributed by atoms with E-state index in [0.29, 0.717) is 11.3 Å². The standard InChI is InChI=1S/C16H19NO4/c1-11-5-6-12(8-13(11)18)9-15(19)17-10-16(2,20)14-4-3-7-21-14/h3-8,18,20H,9-10H2,1-2H3,(H,17,19). The fraction of sp³-hybridized carbons (Fsp3) is 0.312. The number of aliphatic hydroxyl groups is 1. The number of aromatic hydroxyl groups is 1. The zero-order chi connectivity index (χ0) is 15.5. The van der Waals surface area contributed by atoms with E-state index in [1.54, 1.807) is 44.2 Å². The molecule has 0 aliphatic carbocycles. The Hall–Kier alpha value is -2.27. The van der Waals surface area contributed by atoms with Crippen molar-refractivity contribution >= 4 is 5.91 Å². The Kier molecular flexibility index (Phi) is 4.33. The van der Waals surface area contributed by atoms with E-state index in [-0.39, 0.29) is 24.6 Å². The van der Waals surface area contributed by atoms with E-state index in [9.17, 15) is 15.0 Å². The molecule has 1 aromatic heterocycles. The number of nitrogens with one attached hydrogen (secondary N) is 1. The number of carbonyl (C=O) groups is 1. The highest BCUT2D eigenvalue weighted by Crippen LogP contribution is 2.20. The Balaban J connectivity index is 1.91. The zero-order valence-electron chi connectivity index (χ0n) is 12.1. The summed E-state index contributed by atoms with van der Waals surface area (Å²) < 4.78 is 5.14. The molecule has 1 atom stereocenters. The van der Waals surface area contributed by atoms with Gasteiger partial charge in [0.05, 0.1) is 19.2 Å². The zero-order valence-corrected chi connectivity index (χ0v) is 12.1. The number of amides is 1. The van der Waals surface area contributed by atoms with Crippen LogP contribution in [0.4, 0.5) is 0 Å². The van der Waals surface area contributed by atoms with Crippen molar-refractivity contribution in [2.75, 3.05) is 6.54 Å². The van der Waals surface area contributed by atoms with Crippen molar-refractivity contribution < 1.29 is 19.4 Å². The van der Waals surface area contributed by atoms with Crippen LogP contribution in [-0.2, 0) is 16.8 Å². The number of phenolic OH excluding ortho intramolecular Hbond substituents is 1. The Morgan fingerprint density at radius 1 is 1.38 bits per heavy atom. The predicted molar refractivity (Wildman–Crippen MR) is 77.8 cm³/mol. The molecule has 1 aromatic carbocycles. The molecule has 112 valence electrons. The lowest BCUT2D eigenvalue weighted by molar-refractivity contribution is -0.121. The van der Waals surface area contributed by atoms with E-state index in [4.69, 9.17) is 4.42 Å². The molecular weight excluding hydrogens is 270 g/mol. The van der Waals surface area contributed by atoms with Crippen molar-refractivity contribution in [1.82, 2.24) is 5.32 Å². The Labute approximate surface area is 123 Å². The van der Waals surface area contributed by atoms with Gasteiger partial charge in [-0.25, -0.2) is 0 Å². The normalized spacial score (nSPS) is 13.7. The fourth-order valence-electron chi connectivity index (χ4n) is 1.96. The van der Waals surface area contributed by atoms with E-state index in [1.165, 1.54) is 6.26 Å². The molecule has 21 heavy (non-hydrogen) atoms. The second-order valence-electron chi connectivity index (χ2n) is 5.33. The van der Waals surface area contributed by atoms with E-state index < -0.39 is 5.60 Å². The number of benzene rings is 1. The number of hydrogen-bond donors (Lipinski definition) is 3. The largest absolute Gasteiger partial charge is 0.508 e. The topological polar surface area (TPSA) is 82.7 Å². The minimum atomic E-state index is -1.26. The maximum atomic E-state index is 11.9. The van der Waals surface area contributed by atoms with Crippen molar-refractivity contribution in [3.05, 3.63) is 53.5 Å². The van der Waals surface area contributed by atoms with Crippen LogP contribution in [0.3, 0.4) is 0 Å². The molecule has 5 nitrogen and oxygen atoms in total. The van der Waals surface area contributed by atoms with E-state index >= 15 is 0 Å². The molecule has 1 amide bonds. The Morgan fingerprint density at radius 2 is 2.14 bits per heavy atom. The van der Waals surface area contributed by atoms with Crippen LogP contribution in [0.2, 0.25) is 0 Å². The molecule has 0 saturated carbocycles. The van der Waals surface area contributed by atoms with E-state index in [1.807, 2.05) is 0 Å². The van der Waals surface area contributed by atoms with Crippen molar-refractivity contribution in [3.8, 4) is 5.75 Å². The van der Waals surface area contributed by atoms with Gasteiger partial charge in [-0.1, -0.05) is 12.1 Å². The monoisotopic (exact) mass is 289 g/mol. The van der Waals surface area contributed by atoms with Crippen molar-refractivity contribution in [2.45, 2.75) is 25.9 Å². The van der Waals surface area contributed by atoms with Gasteiger partial charge < -0.3 is 19.9 Å². The molecule has 3 N–H and O–H groups in total. The number of furan rings is 1. The number of aryl methyl sites for hydroxylation is 1. The van der Waals surface area contributed by atoms with Gasteiger partial charge >= 0.3 is 0 Å². The lowest BCUT2D eigenvalue weighted by Gasteiger charge is -2.21. The number of carbonyl (C=O) groups excluding carboxylic acids is 1. The average Bonchev–Trinajstić information content (AvgIpc) is 2.96. The Morgan fingerprint density at radius 3 is 2.76 bits per heavy atom. The van der Waals surface area contributed by atoms with Crippen molar-refractivity contribution in [1.29, 1.82) is 0 Å². The van der Waals surface area contributed by atoms with Crippen molar-refractivity contribution in [3.63, 3.8) is 0 Å². The van der Waals surface area contributed by atoms with Crippen LogP contribution in [0.15, 0.2) is 41.0 Å². The van der Waals surface area contributed by atoms with Gasteiger partial charge in [0.15, 0.2) is 0 Å². The lowest BCUT2D eigenvalue weighted by atomic mass is 10.0. The third kappa shape index (κ3) is 3.86. The summed E-state index contributed by atoms with van der Waals surface area (Å²) in [6.07, 6.45) is 1.61. The second-order valence-corrected chi connectivity index (χ2v) is 5.33. The van der Waals surface area contributed by atoms with Gasteiger partial charge in [0.1, 0.15) is 17.1 Å². The third-order valence-corrected chi connectivity index (χ3v) is 3.32. The Bertz CT molecular complexity index is 617. The maximum absolute atomic E-state index is 11.9. The highest BCUT2D eigenvalue weighted by atomic mass is 16.4. The van der Waals surface area contributed by atoms with Crippen LogP contribution < -0.4 is 5.32 Å². The summed E-state index contributed by atoms with van der Waals surface area (Å²) in [7, 11) is 0. The third-order valence-electron chi connectivity index (χ3n) is 3.32. The second kappa shape index (κ2) is 6.01. The molecule has 0 bridgehead atoms. The number of hydrogen-bond acceptors (Lipinski definition) is 4. The first-order valence-electron chi connectivity index (χ1n) is 6.70. The van der Waals surface area contributed by atoms with E-state index in [2.05, 4.69) is 5.32 Å². The van der Waals surface area contributed by atoms with Crippen LogP contribution >= 0.6 is 0 Å². The summed E-state index contributed by atoms with van der Waals surface area (Å²) in [5.41, 5.74) is 0.224. The van der Waals surface area contributed by atoms with Gasteiger partial charge in [-0.3, -0.25) is 4.79 Å². The van der Waals surface area contributed by atoms with Crippen molar-refractivity contribution in [2.24, 2.45) is 0 Å². The van der Waals surface area contributed by atoms with Crippen LogP contribution in [0.5, 0.6) is 5.75 Å². The summed E-state index contributed by atoms with van der Waals surface area (Å²) in [5, 5.41) is 22.5. The van der Waals surface area contributed by atoms with Gasteiger partial charge in [-0.15, -0.1) is 0 Å². The molecule has 0 aliphatic heterocycles. The van der Waals surface area contributed by atoms with Gasteiger partial charge in [-0.05, 0) is 43.2 Å². The summed E-state index contributed by atoms with van der Waals surface area (Å²) in [4.78, 5) is 11.9. The van der Waals surface area contributed by atoms with Crippen LogP contribution in [0, 0.1) is 6.92 Å². The highest BCUT2D eigenvalue weighted by molar-refractivity contribution is 5.78. The molecule has 0 saturated heterocycles. The molecule has 0 fully saturated rings. The SMILES string of the molecule is Cc1ccc(CC(=O)NCC(C)(O)c2ccco2)cc1O. The van der Waals surface area contributed by atoms with Gasteiger partial charge in [0.25, 0.3) is 0 Å². The van der Waals surface area contributed by atoms with E-state index in [0.717, 1.165) is 5.56 Å². The molecule has 0 spiro atoms. The average molecular weight is 289 g/mol. The van der Waals surface area contributed by atoms with Gasteiger partial charge in [0.2, 0.25) is 5.91 Å².